The van der Waals surface area contributed by atoms with Gasteiger partial charge in [0.25, 0.3) is 0 Å². The summed E-state index contributed by atoms with van der Waals surface area (Å²) in [5, 5.41) is 8.39. The number of hydrogen-bond acceptors (Lipinski definition) is 1. The van der Waals surface area contributed by atoms with E-state index in [1.807, 2.05) is 0 Å². The SMILES string of the molecule is Cc1cccc(C(F)(F)F)c1C=CC(=O)O. The molecule has 0 bridgehead atoms. The van der Waals surface area contributed by atoms with Gasteiger partial charge >= 0.3 is 12.1 Å². The predicted molar refractivity (Wildman–Crippen MR) is 52.9 cm³/mol. The zero-order valence-corrected chi connectivity index (χ0v) is 8.38. The number of halogens is 3. The standard InChI is InChI=1S/C11H9F3O2/c1-7-3-2-4-9(11(12,13)14)8(7)5-6-10(15)16/h2-6H,1H3,(H,15,16). The normalized spacial score (nSPS) is 12.0. The molecular weight excluding hydrogens is 221 g/mol. The van der Waals surface area contributed by atoms with Crippen molar-refractivity contribution in [2.75, 3.05) is 0 Å². The van der Waals surface area contributed by atoms with Crippen molar-refractivity contribution in [2.24, 2.45) is 0 Å². The number of benzene rings is 1. The molecule has 0 saturated heterocycles. The molecule has 1 aromatic carbocycles. The number of aryl methyl sites for hydroxylation is 1. The van der Waals surface area contributed by atoms with Crippen LogP contribution in [0.5, 0.6) is 0 Å². The highest BCUT2D eigenvalue weighted by molar-refractivity contribution is 5.86. The van der Waals surface area contributed by atoms with Gasteiger partial charge in [-0.3, -0.25) is 0 Å². The van der Waals surface area contributed by atoms with Gasteiger partial charge in [0.1, 0.15) is 0 Å². The van der Waals surface area contributed by atoms with E-state index in [2.05, 4.69) is 0 Å². The fraction of sp³-hybridized carbons (Fsp3) is 0.182. The van der Waals surface area contributed by atoms with Crippen LogP contribution in [0.4, 0.5) is 13.2 Å². The molecule has 0 aromatic heterocycles. The third-order valence-electron chi connectivity index (χ3n) is 2.02. The number of aliphatic carboxylic acids is 1. The fourth-order valence-corrected chi connectivity index (χ4v) is 1.30. The minimum Gasteiger partial charge on any atom is -0.478 e. The first-order chi connectivity index (χ1) is 7.32. The molecule has 0 fully saturated rings. The van der Waals surface area contributed by atoms with Crippen LogP contribution in [0.1, 0.15) is 16.7 Å². The zero-order chi connectivity index (χ0) is 12.3. The second kappa shape index (κ2) is 4.38. The van der Waals surface area contributed by atoms with E-state index in [0.717, 1.165) is 12.1 Å². The number of hydrogen-bond donors (Lipinski definition) is 1. The molecule has 1 aromatic rings. The van der Waals surface area contributed by atoms with E-state index >= 15 is 0 Å². The molecule has 2 nitrogen and oxygen atoms in total. The van der Waals surface area contributed by atoms with Gasteiger partial charge in [-0.25, -0.2) is 4.79 Å². The minimum atomic E-state index is -4.48. The Morgan fingerprint density at radius 3 is 2.50 bits per heavy atom. The van der Waals surface area contributed by atoms with Crippen LogP contribution in [-0.2, 0) is 11.0 Å². The molecule has 0 amide bonds. The monoisotopic (exact) mass is 230 g/mol. The highest BCUT2D eigenvalue weighted by Gasteiger charge is 2.32. The molecule has 5 heteroatoms. The van der Waals surface area contributed by atoms with Gasteiger partial charge in [0.2, 0.25) is 0 Å². The lowest BCUT2D eigenvalue weighted by atomic mass is 10.0. The molecule has 0 radical (unpaired) electrons. The summed E-state index contributed by atoms with van der Waals surface area (Å²) in [5.74, 6) is -1.28. The summed E-state index contributed by atoms with van der Waals surface area (Å²) in [6, 6.07) is 3.71. The Morgan fingerprint density at radius 1 is 1.38 bits per heavy atom. The third-order valence-corrected chi connectivity index (χ3v) is 2.02. The third kappa shape index (κ3) is 2.85. The van der Waals surface area contributed by atoms with Crippen LogP contribution < -0.4 is 0 Å². The minimum absolute atomic E-state index is 0.114. The van der Waals surface area contributed by atoms with Crippen molar-refractivity contribution in [3.05, 3.63) is 41.0 Å². The smallest absolute Gasteiger partial charge is 0.416 e. The molecular formula is C11H9F3O2. The van der Waals surface area contributed by atoms with Crippen molar-refractivity contribution in [3.8, 4) is 0 Å². The number of alkyl halides is 3. The summed E-state index contributed by atoms with van der Waals surface area (Å²) in [5.41, 5.74) is -0.560. The average Bonchev–Trinajstić information content (AvgIpc) is 2.13. The van der Waals surface area contributed by atoms with Gasteiger partial charge in [-0.2, -0.15) is 13.2 Å². The maximum atomic E-state index is 12.6. The maximum absolute atomic E-state index is 12.6. The first-order valence-electron chi connectivity index (χ1n) is 4.40. The molecule has 86 valence electrons. The molecule has 0 atom stereocenters. The van der Waals surface area contributed by atoms with Crippen molar-refractivity contribution in [1.29, 1.82) is 0 Å². The summed E-state index contributed by atoms with van der Waals surface area (Å²) < 4.78 is 37.7. The summed E-state index contributed by atoms with van der Waals surface area (Å²) >= 11 is 0. The van der Waals surface area contributed by atoms with Gasteiger partial charge in [-0.1, -0.05) is 12.1 Å². The summed E-state index contributed by atoms with van der Waals surface area (Å²) in [6.07, 6.45) is -2.83. The Kier molecular flexibility index (Phi) is 3.37. The van der Waals surface area contributed by atoms with Crippen molar-refractivity contribution in [1.82, 2.24) is 0 Å². The van der Waals surface area contributed by atoms with Crippen molar-refractivity contribution in [2.45, 2.75) is 13.1 Å². The first kappa shape index (κ1) is 12.3. The number of carboxylic acid groups (broad SMARTS) is 1. The van der Waals surface area contributed by atoms with Crippen LogP contribution in [0.25, 0.3) is 6.08 Å². The van der Waals surface area contributed by atoms with E-state index in [1.165, 1.54) is 19.1 Å². The van der Waals surface area contributed by atoms with Crippen LogP contribution in [0.3, 0.4) is 0 Å². The number of carboxylic acids is 1. The number of carbonyl (C=O) groups is 1. The lowest BCUT2D eigenvalue weighted by molar-refractivity contribution is -0.138. The van der Waals surface area contributed by atoms with Crippen molar-refractivity contribution in [3.63, 3.8) is 0 Å². The maximum Gasteiger partial charge on any atom is 0.416 e. The summed E-state index contributed by atoms with van der Waals surface area (Å²) in [4.78, 5) is 10.3. The molecule has 0 spiro atoms. The molecule has 0 aliphatic carbocycles. The Balaban J connectivity index is 3.30. The average molecular weight is 230 g/mol. The Morgan fingerprint density at radius 2 is 2.00 bits per heavy atom. The number of rotatable bonds is 2. The highest BCUT2D eigenvalue weighted by atomic mass is 19.4. The quantitative estimate of drug-likeness (QED) is 0.792. The molecule has 0 aliphatic rings. The first-order valence-corrected chi connectivity index (χ1v) is 4.40. The van der Waals surface area contributed by atoms with E-state index in [4.69, 9.17) is 5.11 Å². The van der Waals surface area contributed by atoms with E-state index in [0.29, 0.717) is 11.6 Å². The van der Waals surface area contributed by atoms with E-state index in [-0.39, 0.29) is 5.56 Å². The Bertz CT molecular complexity index is 433. The second-order valence-corrected chi connectivity index (χ2v) is 3.21. The zero-order valence-electron chi connectivity index (χ0n) is 8.38. The van der Waals surface area contributed by atoms with Gasteiger partial charge in [0.15, 0.2) is 0 Å². The summed E-state index contributed by atoms with van der Waals surface area (Å²) in [6.45, 7) is 1.50. The molecule has 1 N–H and O–H groups in total. The van der Waals surface area contributed by atoms with Gasteiger partial charge in [-0.05, 0) is 30.2 Å². The molecule has 0 heterocycles. The summed E-state index contributed by atoms with van der Waals surface area (Å²) in [7, 11) is 0. The largest absolute Gasteiger partial charge is 0.478 e. The van der Waals surface area contributed by atoms with Crippen LogP contribution in [0, 0.1) is 6.92 Å². The van der Waals surface area contributed by atoms with E-state index in [9.17, 15) is 18.0 Å². The van der Waals surface area contributed by atoms with Gasteiger partial charge in [0.05, 0.1) is 5.56 Å². The predicted octanol–water partition coefficient (Wildman–Crippen LogP) is 3.11. The fourth-order valence-electron chi connectivity index (χ4n) is 1.30. The van der Waals surface area contributed by atoms with Crippen molar-refractivity contribution < 1.29 is 23.1 Å². The Labute approximate surface area is 90.0 Å². The Hall–Kier alpha value is -1.78. The lowest BCUT2D eigenvalue weighted by Gasteiger charge is -2.12. The van der Waals surface area contributed by atoms with Crippen LogP contribution in [0.15, 0.2) is 24.3 Å². The second-order valence-electron chi connectivity index (χ2n) is 3.21. The molecule has 1 rings (SSSR count). The van der Waals surface area contributed by atoms with Crippen LogP contribution in [0.2, 0.25) is 0 Å². The molecule has 16 heavy (non-hydrogen) atoms. The van der Waals surface area contributed by atoms with Crippen LogP contribution >= 0.6 is 0 Å². The van der Waals surface area contributed by atoms with Gasteiger partial charge in [-0.15, -0.1) is 0 Å². The van der Waals surface area contributed by atoms with Gasteiger partial charge in [0, 0.05) is 6.08 Å². The van der Waals surface area contributed by atoms with Crippen molar-refractivity contribution >= 4 is 12.0 Å². The highest BCUT2D eigenvalue weighted by Crippen LogP contribution is 2.33. The van der Waals surface area contributed by atoms with E-state index < -0.39 is 17.7 Å². The van der Waals surface area contributed by atoms with Gasteiger partial charge < -0.3 is 5.11 Å². The van der Waals surface area contributed by atoms with E-state index in [1.54, 1.807) is 0 Å². The van der Waals surface area contributed by atoms with Crippen LogP contribution in [-0.4, -0.2) is 11.1 Å². The molecule has 0 saturated carbocycles. The molecule has 0 unspecified atom stereocenters. The lowest BCUT2D eigenvalue weighted by Crippen LogP contribution is -2.08. The molecule has 0 aliphatic heterocycles. The topological polar surface area (TPSA) is 37.3 Å².